The molecule has 0 radical (unpaired) electrons. The van der Waals surface area contributed by atoms with E-state index in [9.17, 15) is 10.1 Å². The van der Waals surface area contributed by atoms with Gasteiger partial charge in [-0.3, -0.25) is 10.1 Å². The predicted octanol–water partition coefficient (Wildman–Crippen LogP) is 1.56. The van der Waals surface area contributed by atoms with Gasteiger partial charge in [0.05, 0.1) is 11.0 Å². The molecule has 0 amide bonds. The number of hydrogen-bond acceptors (Lipinski definition) is 5. The van der Waals surface area contributed by atoms with E-state index in [-0.39, 0.29) is 18.3 Å². The van der Waals surface area contributed by atoms with Crippen molar-refractivity contribution in [3.8, 4) is 0 Å². The van der Waals surface area contributed by atoms with Crippen molar-refractivity contribution in [1.29, 1.82) is 0 Å². The Kier molecular flexibility index (Phi) is 4.65. The molecule has 1 unspecified atom stereocenters. The molecule has 0 aliphatic rings. The zero-order valence-electron chi connectivity index (χ0n) is 9.09. The molecular formula is C10H15N3O3. The highest BCUT2D eigenvalue weighted by Crippen LogP contribution is 2.16. The van der Waals surface area contributed by atoms with Gasteiger partial charge in [-0.15, -0.1) is 0 Å². The summed E-state index contributed by atoms with van der Waals surface area (Å²) in [5, 5.41) is 22.4. The topological polar surface area (TPSA) is 88.3 Å². The van der Waals surface area contributed by atoms with E-state index >= 15 is 0 Å². The fourth-order valence-corrected chi connectivity index (χ4v) is 1.36. The third-order valence-corrected chi connectivity index (χ3v) is 2.28. The van der Waals surface area contributed by atoms with Crippen molar-refractivity contribution in [3.63, 3.8) is 0 Å². The van der Waals surface area contributed by atoms with Crippen LogP contribution in [0.2, 0.25) is 0 Å². The second-order valence-corrected chi connectivity index (χ2v) is 3.42. The summed E-state index contributed by atoms with van der Waals surface area (Å²) in [6.45, 7) is 2.06. The van der Waals surface area contributed by atoms with Gasteiger partial charge in [0, 0.05) is 24.9 Å². The summed E-state index contributed by atoms with van der Waals surface area (Å²) in [6, 6.07) is 2.82. The zero-order valence-corrected chi connectivity index (χ0v) is 9.09. The standard InChI is InChI=1S/C10H15N3O3/c1-2-8(4-6-14)12-10-7-9(13(15)16)3-5-11-10/h3,5,7-8,14H,2,4,6H2,1H3,(H,11,12). The summed E-state index contributed by atoms with van der Waals surface area (Å²) in [7, 11) is 0. The number of anilines is 1. The van der Waals surface area contributed by atoms with Gasteiger partial charge >= 0.3 is 0 Å². The lowest BCUT2D eigenvalue weighted by molar-refractivity contribution is -0.384. The molecule has 0 bridgehead atoms. The highest BCUT2D eigenvalue weighted by Gasteiger charge is 2.10. The zero-order chi connectivity index (χ0) is 12.0. The first-order valence-corrected chi connectivity index (χ1v) is 5.15. The SMILES string of the molecule is CCC(CCO)Nc1cc([N+](=O)[O-])ccn1. The predicted molar refractivity (Wildman–Crippen MR) is 60.3 cm³/mol. The maximum Gasteiger partial charge on any atom is 0.274 e. The molecule has 0 spiro atoms. The van der Waals surface area contributed by atoms with Gasteiger partial charge in [-0.25, -0.2) is 4.98 Å². The van der Waals surface area contributed by atoms with Gasteiger partial charge in [0.15, 0.2) is 0 Å². The number of nitrogens with one attached hydrogen (secondary N) is 1. The smallest absolute Gasteiger partial charge is 0.274 e. The van der Waals surface area contributed by atoms with Crippen LogP contribution < -0.4 is 5.32 Å². The van der Waals surface area contributed by atoms with Crippen LogP contribution in [0.5, 0.6) is 0 Å². The van der Waals surface area contributed by atoms with Crippen LogP contribution >= 0.6 is 0 Å². The van der Waals surface area contributed by atoms with E-state index < -0.39 is 4.92 Å². The quantitative estimate of drug-likeness (QED) is 0.566. The van der Waals surface area contributed by atoms with Crippen molar-refractivity contribution < 1.29 is 10.0 Å². The van der Waals surface area contributed by atoms with Crippen molar-refractivity contribution >= 4 is 11.5 Å². The summed E-state index contributed by atoms with van der Waals surface area (Å²) in [5.74, 6) is 0.467. The number of rotatable bonds is 6. The fraction of sp³-hybridized carbons (Fsp3) is 0.500. The molecule has 0 saturated carbocycles. The van der Waals surface area contributed by atoms with Crippen LogP contribution in [0.25, 0.3) is 0 Å². The third kappa shape index (κ3) is 3.47. The highest BCUT2D eigenvalue weighted by molar-refractivity contribution is 5.44. The first-order chi connectivity index (χ1) is 7.67. The van der Waals surface area contributed by atoms with Crippen LogP contribution in [0.1, 0.15) is 19.8 Å². The normalized spacial score (nSPS) is 12.1. The van der Waals surface area contributed by atoms with Gasteiger partial charge < -0.3 is 10.4 Å². The Hall–Kier alpha value is -1.69. The first kappa shape index (κ1) is 12.4. The lowest BCUT2D eigenvalue weighted by Crippen LogP contribution is -2.20. The number of hydrogen-bond donors (Lipinski definition) is 2. The van der Waals surface area contributed by atoms with E-state index in [1.165, 1.54) is 18.3 Å². The largest absolute Gasteiger partial charge is 0.396 e. The molecule has 1 heterocycles. The van der Waals surface area contributed by atoms with Crippen LogP contribution in [-0.4, -0.2) is 27.7 Å². The lowest BCUT2D eigenvalue weighted by Gasteiger charge is -2.15. The summed E-state index contributed by atoms with van der Waals surface area (Å²) >= 11 is 0. The van der Waals surface area contributed by atoms with E-state index in [1.54, 1.807) is 0 Å². The summed E-state index contributed by atoms with van der Waals surface area (Å²) < 4.78 is 0. The third-order valence-electron chi connectivity index (χ3n) is 2.28. The van der Waals surface area contributed by atoms with Gasteiger partial charge in [-0.2, -0.15) is 0 Å². The van der Waals surface area contributed by atoms with Gasteiger partial charge in [0.2, 0.25) is 0 Å². The Morgan fingerprint density at radius 1 is 1.69 bits per heavy atom. The molecule has 0 aromatic carbocycles. The fourth-order valence-electron chi connectivity index (χ4n) is 1.36. The molecule has 88 valence electrons. The van der Waals surface area contributed by atoms with Gasteiger partial charge in [-0.1, -0.05) is 6.92 Å². The molecule has 1 aromatic rings. The molecule has 6 nitrogen and oxygen atoms in total. The Labute approximate surface area is 93.5 Å². The molecule has 1 aromatic heterocycles. The van der Waals surface area contributed by atoms with Crippen molar-refractivity contribution in [3.05, 3.63) is 28.4 Å². The average Bonchev–Trinajstić information content (AvgIpc) is 2.29. The Bertz CT molecular complexity index is 357. The maximum absolute atomic E-state index is 10.5. The van der Waals surface area contributed by atoms with Crippen molar-refractivity contribution in [1.82, 2.24) is 4.98 Å². The second-order valence-electron chi connectivity index (χ2n) is 3.42. The minimum absolute atomic E-state index is 0.0105. The van der Waals surface area contributed by atoms with E-state index in [0.29, 0.717) is 12.2 Å². The van der Waals surface area contributed by atoms with Crippen molar-refractivity contribution in [2.24, 2.45) is 0 Å². The number of aliphatic hydroxyl groups excluding tert-OH is 1. The monoisotopic (exact) mass is 225 g/mol. The minimum Gasteiger partial charge on any atom is -0.396 e. The van der Waals surface area contributed by atoms with Gasteiger partial charge in [-0.05, 0) is 12.8 Å². The van der Waals surface area contributed by atoms with Crippen molar-refractivity contribution in [2.75, 3.05) is 11.9 Å². The first-order valence-electron chi connectivity index (χ1n) is 5.15. The Morgan fingerprint density at radius 3 is 3.00 bits per heavy atom. The number of nitro groups is 1. The molecule has 0 aliphatic carbocycles. The van der Waals surface area contributed by atoms with Crippen LogP contribution in [0.3, 0.4) is 0 Å². The van der Waals surface area contributed by atoms with Gasteiger partial charge in [0.25, 0.3) is 5.69 Å². The van der Waals surface area contributed by atoms with E-state index in [1.807, 2.05) is 6.92 Å². The van der Waals surface area contributed by atoms with Crippen LogP contribution in [0.15, 0.2) is 18.3 Å². The number of aromatic nitrogens is 1. The molecule has 0 fully saturated rings. The Morgan fingerprint density at radius 2 is 2.44 bits per heavy atom. The van der Waals surface area contributed by atoms with E-state index in [2.05, 4.69) is 10.3 Å². The van der Waals surface area contributed by atoms with E-state index in [0.717, 1.165) is 6.42 Å². The van der Waals surface area contributed by atoms with Crippen molar-refractivity contribution in [2.45, 2.75) is 25.8 Å². The highest BCUT2D eigenvalue weighted by atomic mass is 16.6. The number of aliphatic hydroxyl groups is 1. The minimum atomic E-state index is -0.458. The number of pyridine rings is 1. The molecule has 1 atom stereocenters. The molecule has 0 saturated heterocycles. The van der Waals surface area contributed by atoms with Gasteiger partial charge in [0.1, 0.15) is 5.82 Å². The summed E-state index contributed by atoms with van der Waals surface area (Å²) in [4.78, 5) is 14.1. The van der Waals surface area contributed by atoms with Crippen LogP contribution in [0.4, 0.5) is 11.5 Å². The molecule has 0 aliphatic heterocycles. The maximum atomic E-state index is 10.5. The number of nitrogens with zero attached hydrogens (tertiary/aromatic N) is 2. The Balaban J connectivity index is 2.72. The average molecular weight is 225 g/mol. The van der Waals surface area contributed by atoms with E-state index in [4.69, 9.17) is 5.11 Å². The lowest BCUT2D eigenvalue weighted by atomic mass is 10.1. The molecule has 2 N–H and O–H groups in total. The molecule has 6 heteroatoms. The summed E-state index contributed by atoms with van der Waals surface area (Å²) in [5.41, 5.74) is 0.0105. The van der Waals surface area contributed by atoms with Crippen LogP contribution in [0, 0.1) is 10.1 Å². The molecular weight excluding hydrogens is 210 g/mol. The summed E-state index contributed by atoms with van der Waals surface area (Å²) in [6.07, 6.45) is 2.82. The van der Waals surface area contributed by atoms with Crippen LogP contribution in [-0.2, 0) is 0 Å². The molecule has 16 heavy (non-hydrogen) atoms. The molecule has 1 rings (SSSR count). The second kappa shape index (κ2) is 6.02.